The number of hydrogen-bond acceptors (Lipinski definition) is 6. The van der Waals surface area contributed by atoms with E-state index in [9.17, 15) is 13.2 Å². The van der Waals surface area contributed by atoms with Gasteiger partial charge in [-0.3, -0.25) is 9.52 Å². The minimum Gasteiger partial charge on any atom is -0.347 e. The van der Waals surface area contributed by atoms with Crippen LogP contribution in [0, 0.1) is 11.3 Å². The number of nitrogens with zero attached hydrogens (tertiary/aromatic N) is 3. The van der Waals surface area contributed by atoms with Gasteiger partial charge in [-0.15, -0.1) is 0 Å². The SMILES string of the molecule is N#Cc1ccc(CNC(=O)c2cc(NS(=O)(=O)c3ccccc3)ncn2)cc1. The molecule has 0 radical (unpaired) electrons. The molecule has 0 unspecified atom stereocenters. The van der Waals surface area contributed by atoms with Gasteiger partial charge < -0.3 is 5.32 Å². The van der Waals surface area contributed by atoms with Gasteiger partial charge in [0.2, 0.25) is 0 Å². The van der Waals surface area contributed by atoms with Crippen molar-refractivity contribution in [2.75, 3.05) is 4.72 Å². The molecule has 1 heterocycles. The number of sulfonamides is 1. The molecule has 140 valence electrons. The van der Waals surface area contributed by atoms with Crippen LogP contribution in [0.3, 0.4) is 0 Å². The van der Waals surface area contributed by atoms with E-state index in [1.807, 2.05) is 6.07 Å². The Morgan fingerprint density at radius 2 is 1.75 bits per heavy atom. The zero-order chi connectivity index (χ0) is 20.0. The van der Waals surface area contributed by atoms with Gasteiger partial charge in [0.1, 0.15) is 17.8 Å². The molecule has 0 spiro atoms. The lowest BCUT2D eigenvalue weighted by molar-refractivity contribution is 0.0945. The first-order valence-electron chi connectivity index (χ1n) is 8.15. The fraction of sp³-hybridized carbons (Fsp3) is 0.0526. The molecule has 2 aromatic carbocycles. The monoisotopic (exact) mass is 393 g/mol. The van der Waals surface area contributed by atoms with E-state index in [0.717, 1.165) is 11.9 Å². The zero-order valence-electron chi connectivity index (χ0n) is 14.5. The first kappa shape index (κ1) is 19.0. The van der Waals surface area contributed by atoms with Gasteiger partial charge in [0.15, 0.2) is 0 Å². The van der Waals surface area contributed by atoms with Crippen molar-refractivity contribution in [2.45, 2.75) is 11.4 Å². The largest absolute Gasteiger partial charge is 0.347 e. The molecule has 2 N–H and O–H groups in total. The Morgan fingerprint density at radius 1 is 1.04 bits per heavy atom. The molecule has 0 fully saturated rings. The summed E-state index contributed by atoms with van der Waals surface area (Å²) in [5.74, 6) is -0.491. The number of amides is 1. The normalized spacial score (nSPS) is 10.7. The number of aromatic nitrogens is 2. The van der Waals surface area contributed by atoms with Crippen LogP contribution < -0.4 is 10.0 Å². The van der Waals surface area contributed by atoms with Crippen molar-refractivity contribution < 1.29 is 13.2 Å². The van der Waals surface area contributed by atoms with Crippen LogP contribution in [0.15, 0.2) is 71.9 Å². The van der Waals surface area contributed by atoms with E-state index < -0.39 is 15.9 Å². The third kappa shape index (κ3) is 4.69. The van der Waals surface area contributed by atoms with Crippen LogP contribution in [0.4, 0.5) is 5.82 Å². The van der Waals surface area contributed by atoms with Gasteiger partial charge in [-0.25, -0.2) is 18.4 Å². The minimum atomic E-state index is -3.82. The third-order valence-electron chi connectivity index (χ3n) is 3.73. The Morgan fingerprint density at radius 3 is 2.43 bits per heavy atom. The molecule has 0 saturated carbocycles. The van der Waals surface area contributed by atoms with Crippen molar-refractivity contribution in [3.05, 3.63) is 83.8 Å². The van der Waals surface area contributed by atoms with Crippen molar-refractivity contribution in [3.63, 3.8) is 0 Å². The van der Waals surface area contributed by atoms with Crippen molar-refractivity contribution >= 4 is 21.7 Å². The van der Waals surface area contributed by atoms with Gasteiger partial charge in [-0.1, -0.05) is 30.3 Å². The summed E-state index contributed by atoms with van der Waals surface area (Å²) in [4.78, 5) is 20.1. The standard InChI is InChI=1S/C19H15N5O3S/c20-11-14-6-8-15(9-7-14)12-21-19(25)17-10-18(23-13-22-17)24-28(26,27)16-4-2-1-3-5-16/h1-10,13H,12H2,(H,21,25)(H,22,23,24). The number of nitrogens with one attached hydrogen (secondary N) is 2. The zero-order valence-corrected chi connectivity index (χ0v) is 15.3. The summed E-state index contributed by atoms with van der Waals surface area (Å²) < 4.78 is 27.0. The molecule has 9 heteroatoms. The molecule has 1 amide bonds. The maximum atomic E-state index is 12.4. The van der Waals surface area contributed by atoms with Crippen LogP contribution in [0.2, 0.25) is 0 Å². The van der Waals surface area contributed by atoms with Crippen molar-refractivity contribution in [1.82, 2.24) is 15.3 Å². The molecule has 3 aromatic rings. The fourth-order valence-electron chi connectivity index (χ4n) is 2.30. The van der Waals surface area contributed by atoms with E-state index >= 15 is 0 Å². The van der Waals surface area contributed by atoms with Crippen molar-refractivity contribution in [2.24, 2.45) is 0 Å². The predicted octanol–water partition coefficient (Wildman–Crippen LogP) is 2.08. The molecule has 0 aliphatic rings. The smallest absolute Gasteiger partial charge is 0.270 e. The molecule has 0 atom stereocenters. The average molecular weight is 393 g/mol. The quantitative estimate of drug-likeness (QED) is 0.660. The predicted molar refractivity (Wildman–Crippen MR) is 102 cm³/mol. The molecular weight excluding hydrogens is 378 g/mol. The third-order valence-corrected chi connectivity index (χ3v) is 5.10. The molecule has 0 aliphatic heterocycles. The maximum Gasteiger partial charge on any atom is 0.270 e. The Labute approximate surface area is 161 Å². The van der Waals surface area contributed by atoms with Gasteiger partial charge in [-0.2, -0.15) is 5.26 Å². The van der Waals surface area contributed by atoms with Crippen molar-refractivity contribution in [3.8, 4) is 6.07 Å². The number of anilines is 1. The number of nitriles is 1. The van der Waals surface area contributed by atoms with E-state index in [4.69, 9.17) is 5.26 Å². The lowest BCUT2D eigenvalue weighted by Gasteiger charge is -2.09. The molecular formula is C19H15N5O3S. The number of carbonyl (C=O) groups is 1. The lowest BCUT2D eigenvalue weighted by Crippen LogP contribution is -2.24. The second kappa shape index (κ2) is 8.28. The Balaban J connectivity index is 1.68. The maximum absolute atomic E-state index is 12.4. The Hall–Kier alpha value is -3.77. The highest BCUT2D eigenvalue weighted by Crippen LogP contribution is 2.14. The van der Waals surface area contributed by atoms with Gasteiger partial charge in [-0.05, 0) is 29.8 Å². The van der Waals surface area contributed by atoms with E-state index in [2.05, 4.69) is 20.0 Å². The van der Waals surface area contributed by atoms with Crippen LogP contribution in [-0.2, 0) is 16.6 Å². The highest BCUT2D eigenvalue weighted by atomic mass is 32.2. The van der Waals surface area contributed by atoms with Crippen LogP contribution in [0.1, 0.15) is 21.6 Å². The van der Waals surface area contributed by atoms with E-state index in [1.54, 1.807) is 42.5 Å². The van der Waals surface area contributed by atoms with Gasteiger partial charge in [0.05, 0.1) is 16.5 Å². The van der Waals surface area contributed by atoms with Crippen LogP contribution in [-0.4, -0.2) is 24.3 Å². The summed E-state index contributed by atoms with van der Waals surface area (Å²) in [6, 6.07) is 17.9. The first-order chi connectivity index (χ1) is 13.5. The summed E-state index contributed by atoms with van der Waals surface area (Å²) in [6.07, 6.45) is 1.11. The first-order valence-corrected chi connectivity index (χ1v) is 9.63. The van der Waals surface area contributed by atoms with Gasteiger partial charge in [0.25, 0.3) is 15.9 Å². The summed E-state index contributed by atoms with van der Waals surface area (Å²) in [5, 5.41) is 11.5. The van der Waals surface area contributed by atoms with Gasteiger partial charge in [0, 0.05) is 12.6 Å². The Bertz CT molecular complexity index is 1120. The van der Waals surface area contributed by atoms with Crippen LogP contribution >= 0.6 is 0 Å². The molecule has 0 aliphatic carbocycles. The number of benzene rings is 2. The molecule has 1 aromatic heterocycles. The second-order valence-corrected chi connectivity index (χ2v) is 7.38. The highest BCUT2D eigenvalue weighted by molar-refractivity contribution is 7.92. The summed E-state index contributed by atoms with van der Waals surface area (Å²) in [5.41, 5.74) is 1.36. The van der Waals surface area contributed by atoms with Gasteiger partial charge >= 0.3 is 0 Å². The summed E-state index contributed by atoms with van der Waals surface area (Å²) in [6.45, 7) is 0.236. The topological polar surface area (TPSA) is 125 Å². The Kier molecular flexibility index (Phi) is 5.62. The van der Waals surface area contributed by atoms with Crippen molar-refractivity contribution in [1.29, 1.82) is 5.26 Å². The van der Waals surface area contributed by atoms with Crippen LogP contribution in [0.25, 0.3) is 0 Å². The molecule has 0 saturated heterocycles. The van der Waals surface area contributed by atoms with E-state index in [0.29, 0.717) is 5.56 Å². The molecule has 3 rings (SSSR count). The van der Waals surface area contributed by atoms with E-state index in [-0.39, 0.29) is 23.0 Å². The fourth-order valence-corrected chi connectivity index (χ4v) is 3.32. The molecule has 0 bridgehead atoms. The second-order valence-electron chi connectivity index (χ2n) is 5.70. The molecule has 8 nitrogen and oxygen atoms in total. The lowest BCUT2D eigenvalue weighted by atomic mass is 10.1. The minimum absolute atomic E-state index is 0.0117. The number of carbonyl (C=O) groups excluding carboxylic acids is 1. The highest BCUT2D eigenvalue weighted by Gasteiger charge is 2.16. The number of rotatable bonds is 6. The summed E-state index contributed by atoms with van der Waals surface area (Å²) >= 11 is 0. The number of hydrogen-bond donors (Lipinski definition) is 2. The van der Waals surface area contributed by atoms with Crippen LogP contribution in [0.5, 0.6) is 0 Å². The molecule has 28 heavy (non-hydrogen) atoms. The summed E-state index contributed by atoms with van der Waals surface area (Å²) in [7, 11) is -3.82. The van der Waals surface area contributed by atoms with E-state index in [1.165, 1.54) is 18.2 Å². The average Bonchev–Trinajstić information content (AvgIpc) is 2.73.